The summed E-state index contributed by atoms with van der Waals surface area (Å²) >= 11 is 1.23. The molecule has 0 unspecified atom stereocenters. The van der Waals surface area contributed by atoms with Crippen LogP contribution in [-0.2, 0) is 0 Å². The van der Waals surface area contributed by atoms with Gasteiger partial charge in [0.15, 0.2) is 5.43 Å². The van der Waals surface area contributed by atoms with Crippen molar-refractivity contribution in [3.63, 3.8) is 0 Å². The van der Waals surface area contributed by atoms with E-state index in [2.05, 4.69) is 10.2 Å². The summed E-state index contributed by atoms with van der Waals surface area (Å²) in [7, 11) is 0. The van der Waals surface area contributed by atoms with Crippen molar-refractivity contribution in [2.24, 2.45) is 0 Å². The van der Waals surface area contributed by atoms with Gasteiger partial charge in [0.2, 0.25) is 10.9 Å². The van der Waals surface area contributed by atoms with E-state index >= 15 is 0 Å². The number of fused-ring (bicyclic) bond motifs is 2. The highest BCUT2D eigenvalue weighted by molar-refractivity contribution is 7.13. The Morgan fingerprint density at radius 1 is 1.16 bits per heavy atom. The molecule has 1 atom stereocenters. The van der Waals surface area contributed by atoms with Crippen LogP contribution in [0, 0.1) is 6.92 Å². The van der Waals surface area contributed by atoms with E-state index in [4.69, 9.17) is 9.15 Å². The standard InChI is InChI=1S/C23H19N3O4S/c1-3-10-29-15-7-5-14(6-8-15)19-18-20(27)16-11-13(2)4-9-17(16)30-21(18)22(28)26(19)23-25-24-12-31-23/h4-9,11-12,19H,3,10H2,1-2H3/t19-/m0/s1. The minimum atomic E-state index is -0.656. The van der Waals surface area contributed by atoms with Crippen LogP contribution in [0.5, 0.6) is 5.75 Å². The first-order valence-electron chi connectivity index (χ1n) is 9.98. The Kier molecular flexibility index (Phi) is 4.78. The minimum absolute atomic E-state index is 0.0489. The van der Waals surface area contributed by atoms with Gasteiger partial charge in [0.25, 0.3) is 5.91 Å². The van der Waals surface area contributed by atoms with Gasteiger partial charge in [-0.1, -0.05) is 42.0 Å². The van der Waals surface area contributed by atoms with Gasteiger partial charge in [-0.25, -0.2) is 0 Å². The molecule has 1 amide bonds. The molecule has 4 aromatic rings. The molecule has 0 radical (unpaired) electrons. The van der Waals surface area contributed by atoms with Gasteiger partial charge in [0.05, 0.1) is 23.6 Å². The van der Waals surface area contributed by atoms with Gasteiger partial charge in [0.1, 0.15) is 16.8 Å². The lowest BCUT2D eigenvalue weighted by Gasteiger charge is -2.22. The van der Waals surface area contributed by atoms with Crippen molar-refractivity contribution in [2.45, 2.75) is 26.3 Å². The predicted molar refractivity (Wildman–Crippen MR) is 118 cm³/mol. The van der Waals surface area contributed by atoms with E-state index in [0.29, 0.717) is 28.3 Å². The molecular formula is C23H19N3O4S. The molecule has 1 aliphatic heterocycles. The number of benzene rings is 2. The number of amides is 1. The number of carbonyl (C=O) groups excluding carboxylic acids is 1. The van der Waals surface area contributed by atoms with Crippen LogP contribution in [0.4, 0.5) is 5.13 Å². The van der Waals surface area contributed by atoms with E-state index in [1.165, 1.54) is 16.2 Å². The Hall–Kier alpha value is -3.52. The first-order chi connectivity index (χ1) is 15.1. The SMILES string of the molecule is CCCOc1ccc([C@H]2c3c(oc4ccc(C)cc4c3=O)C(=O)N2c2nncs2)cc1. The third-order valence-electron chi connectivity index (χ3n) is 5.25. The molecule has 1 aliphatic rings. The first kappa shape index (κ1) is 19.4. The number of carbonyl (C=O) groups is 1. The van der Waals surface area contributed by atoms with E-state index < -0.39 is 11.9 Å². The van der Waals surface area contributed by atoms with Crippen molar-refractivity contribution in [1.29, 1.82) is 0 Å². The fourth-order valence-corrected chi connectivity index (χ4v) is 4.42. The van der Waals surface area contributed by atoms with Gasteiger partial charge >= 0.3 is 0 Å². The summed E-state index contributed by atoms with van der Waals surface area (Å²) in [6.07, 6.45) is 0.907. The Morgan fingerprint density at radius 3 is 2.68 bits per heavy atom. The van der Waals surface area contributed by atoms with Crippen molar-refractivity contribution in [1.82, 2.24) is 10.2 Å². The van der Waals surface area contributed by atoms with Crippen molar-refractivity contribution < 1.29 is 13.9 Å². The number of hydrogen-bond donors (Lipinski definition) is 0. The average molecular weight is 433 g/mol. The highest BCUT2D eigenvalue weighted by Gasteiger charge is 2.44. The largest absolute Gasteiger partial charge is 0.494 e. The average Bonchev–Trinajstić information content (AvgIpc) is 3.40. The molecule has 156 valence electrons. The second-order valence-electron chi connectivity index (χ2n) is 7.39. The zero-order valence-electron chi connectivity index (χ0n) is 17.0. The summed E-state index contributed by atoms with van der Waals surface area (Å²) in [5.41, 5.74) is 3.77. The topological polar surface area (TPSA) is 85.5 Å². The molecule has 0 saturated heterocycles. The van der Waals surface area contributed by atoms with Gasteiger partial charge < -0.3 is 9.15 Å². The van der Waals surface area contributed by atoms with Crippen molar-refractivity contribution in [3.05, 3.63) is 80.6 Å². The Bertz CT molecular complexity index is 1330. The zero-order chi connectivity index (χ0) is 21.5. The van der Waals surface area contributed by atoms with Crippen LogP contribution >= 0.6 is 11.3 Å². The second kappa shape index (κ2) is 7.63. The lowest BCUT2D eigenvalue weighted by molar-refractivity contribution is 0.0970. The molecule has 0 fully saturated rings. The lowest BCUT2D eigenvalue weighted by atomic mass is 9.98. The van der Waals surface area contributed by atoms with Gasteiger partial charge in [-0.3, -0.25) is 14.5 Å². The maximum Gasteiger partial charge on any atom is 0.297 e. The van der Waals surface area contributed by atoms with Crippen molar-refractivity contribution >= 4 is 33.3 Å². The van der Waals surface area contributed by atoms with Crippen LogP contribution in [0.1, 0.15) is 46.6 Å². The molecule has 0 aliphatic carbocycles. The lowest BCUT2D eigenvalue weighted by Crippen LogP contribution is -2.29. The van der Waals surface area contributed by atoms with Crippen molar-refractivity contribution in [3.8, 4) is 5.75 Å². The van der Waals surface area contributed by atoms with Crippen LogP contribution < -0.4 is 15.1 Å². The van der Waals surface area contributed by atoms with Gasteiger partial charge in [-0.15, -0.1) is 10.2 Å². The summed E-state index contributed by atoms with van der Waals surface area (Å²) < 4.78 is 11.6. The number of ether oxygens (including phenoxy) is 1. The Labute approximate surface area is 181 Å². The minimum Gasteiger partial charge on any atom is -0.494 e. The molecule has 2 aromatic heterocycles. The molecule has 3 heterocycles. The highest BCUT2D eigenvalue weighted by Crippen LogP contribution is 2.41. The van der Waals surface area contributed by atoms with Crippen LogP contribution in [-0.4, -0.2) is 22.7 Å². The molecule has 7 nitrogen and oxygen atoms in total. The van der Waals surface area contributed by atoms with Gasteiger partial charge in [-0.2, -0.15) is 0 Å². The summed E-state index contributed by atoms with van der Waals surface area (Å²) in [6.45, 7) is 4.58. The number of aryl methyl sites for hydroxylation is 1. The number of aromatic nitrogens is 2. The van der Waals surface area contributed by atoms with Gasteiger partial charge in [-0.05, 0) is 43.2 Å². The zero-order valence-corrected chi connectivity index (χ0v) is 17.8. The molecule has 31 heavy (non-hydrogen) atoms. The molecule has 5 rings (SSSR count). The molecule has 0 N–H and O–H groups in total. The van der Waals surface area contributed by atoms with Crippen LogP contribution in [0.15, 0.2) is 57.2 Å². The molecular weight excluding hydrogens is 414 g/mol. The normalized spacial score (nSPS) is 15.5. The summed E-state index contributed by atoms with van der Waals surface area (Å²) in [5.74, 6) is 0.384. The Morgan fingerprint density at radius 2 is 1.97 bits per heavy atom. The number of hydrogen-bond acceptors (Lipinski definition) is 7. The highest BCUT2D eigenvalue weighted by atomic mass is 32.1. The molecule has 0 saturated carbocycles. The summed E-state index contributed by atoms with van der Waals surface area (Å²) in [6, 6.07) is 12.1. The fraction of sp³-hybridized carbons (Fsp3) is 0.217. The monoisotopic (exact) mass is 433 g/mol. The third kappa shape index (κ3) is 3.19. The van der Waals surface area contributed by atoms with E-state index in [0.717, 1.165) is 23.3 Å². The van der Waals surface area contributed by atoms with Crippen LogP contribution in [0.25, 0.3) is 11.0 Å². The number of nitrogens with zero attached hydrogens (tertiary/aromatic N) is 3. The first-order valence-corrected chi connectivity index (χ1v) is 10.9. The fourth-order valence-electron chi connectivity index (χ4n) is 3.84. The van der Waals surface area contributed by atoms with E-state index in [1.54, 1.807) is 17.6 Å². The second-order valence-corrected chi connectivity index (χ2v) is 8.20. The van der Waals surface area contributed by atoms with Crippen molar-refractivity contribution in [2.75, 3.05) is 11.5 Å². The van der Waals surface area contributed by atoms with Crippen LogP contribution in [0.3, 0.4) is 0 Å². The maximum absolute atomic E-state index is 13.5. The summed E-state index contributed by atoms with van der Waals surface area (Å²) in [5, 5.41) is 8.83. The van der Waals surface area contributed by atoms with E-state index in [-0.39, 0.29) is 11.2 Å². The van der Waals surface area contributed by atoms with E-state index in [9.17, 15) is 9.59 Å². The smallest absolute Gasteiger partial charge is 0.297 e. The third-order valence-corrected chi connectivity index (χ3v) is 5.94. The molecule has 0 bridgehead atoms. The van der Waals surface area contributed by atoms with Gasteiger partial charge in [0, 0.05) is 0 Å². The molecule has 0 spiro atoms. The maximum atomic E-state index is 13.5. The molecule has 2 aromatic carbocycles. The summed E-state index contributed by atoms with van der Waals surface area (Å²) in [4.78, 5) is 28.4. The van der Waals surface area contributed by atoms with E-state index in [1.807, 2.05) is 44.2 Å². The predicted octanol–water partition coefficient (Wildman–Crippen LogP) is 4.49. The number of anilines is 1. The number of rotatable bonds is 5. The molecule has 8 heteroatoms. The quantitative estimate of drug-likeness (QED) is 0.461. The Balaban J connectivity index is 1.71. The van der Waals surface area contributed by atoms with Crippen LogP contribution in [0.2, 0.25) is 0 Å².